The molecular weight excluding hydrogens is 388 g/mol. The van der Waals surface area contributed by atoms with Gasteiger partial charge in [-0.25, -0.2) is 0 Å². The molecule has 8 nitrogen and oxygen atoms in total. The van der Waals surface area contributed by atoms with Crippen molar-refractivity contribution in [1.82, 2.24) is 24.9 Å². The van der Waals surface area contributed by atoms with Crippen LogP contribution in [0.15, 0.2) is 34.9 Å². The molecule has 0 saturated carbocycles. The molecule has 2 aliphatic rings. The maximum absolute atomic E-state index is 5.98. The van der Waals surface area contributed by atoms with Gasteiger partial charge in [-0.2, -0.15) is 5.10 Å². The standard InChI is InChI=1S/C20H30N6O2S/c1-21-20(26-7-10-28-18(15-26)16-12-23-24(2)14-16)22-13-17(19-4-3-11-29-19)25-5-8-27-9-6-25/h3-4,11-12,14,17-18H,5-10,13,15H2,1-2H3,(H,21,22). The third-order valence-electron chi connectivity index (χ3n) is 5.49. The van der Waals surface area contributed by atoms with Gasteiger partial charge in [0, 0.05) is 56.9 Å². The molecule has 2 aromatic rings. The lowest BCUT2D eigenvalue weighted by molar-refractivity contribution is -0.00851. The smallest absolute Gasteiger partial charge is 0.193 e. The molecular formula is C20H30N6O2S. The van der Waals surface area contributed by atoms with Crippen molar-refractivity contribution in [3.05, 3.63) is 40.3 Å². The van der Waals surface area contributed by atoms with Gasteiger partial charge in [0.15, 0.2) is 5.96 Å². The Morgan fingerprint density at radius 3 is 2.90 bits per heavy atom. The summed E-state index contributed by atoms with van der Waals surface area (Å²) < 4.78 is 13.4. The maximum atomic E-state index is 5.98. The minimum absolute atomic E-state index is 0.0170. The molecule has 2 aromatic heterocycles. The Hall–Kier alpha value is -1.94. The molecule has 2 unspecified atom stereocenters. The number of hydrogen-bond acceptors (Lipinski definition) is 6. The number of aryl methyl sites for hydroxylation is 1. The molecule has 0 amide bonds. The van der Waals surface area contributed by atoms with Crippen LogP contribution in [0.5, 0.6) is 0 Å². The van der Waals surface area contributed by atoms with Crippen LogP contribution < -0.4 is 5.32 Å². The highest BCUT2D eigenvalue weighted by Gasteiger charge is 2.27. The zero-order chi connectivity index (χ0) is 20.1. The van der Waals surface area contributed by atoms with E-state index >= 15 is 0 Å². The summed E-state index contributed by atoms with van der Waals surface area (Å²) >= 11 is 1.81. The second-order valence-electron chi connectivity index (χ2n) is 7.36. The van der Waals surface area contributed by atoms with Gasteiger partial charge < -0.3 is 19.7 Å². The number of rotatable bonds is 5. The molecule has 4 heterocycles. The van der Waals surface area contributed by atoms with E-state index in [2.05, 4.69) is 42.7 Å². The van der Waals surface area contributed by atoms with Crippen molar-refractivity contribution in [3.63, 3.8) is 0 Å². The fourth-order valence-corrected chi connectivity index (χ4v) is 4.81. The van der Waals surface area contributed by atoms with Crippen molar-refractivity contribution in [1.29, 1.82) is 0 Å². The predicted molar refractivity (Wildman–Crippen MR) is 114 cm³/mol. The van der Waals surface area contributed by atoms with E-state index in [9.17, 15) is 0 Å². The first kappa shape index (κ1) is 20.3. The topological polar surface area (TPSA) is 67.2 Å². The van der Waals surface area contributed by atoms with E-state index in [-0.39, 0.29) is 6.10 Å². The SMILES string of the molecule is CN=C(NCC(c1cccs1)N1CCOCC1)N1CCOC(c2cnn(C)c2)C1. The lowest BCUT2D eigenvalue weighted by atomic mass is 10.1. The first-order chi connectivity index (χ1) is 14.2. The van der Waals surface area contributed by atoms with Gasteiger partial charge in [0.2, 0.25) is 0 Å². The number of hydrogen-bond donors (Lipinski definition) is 1. The fraction of sp³-hybridized carbons (Fsp3) is 0.600. The van der Waals surface area contributed by atoms with Crippen molar-refractivity contribution in [2.75, 3.05) is 59.6 Å². The second-order valence-corrected chi connectivity index (χ2v) is 8.34. The molecule has 2 fully saturated rings. The maximum Gasteiger partial charge on any atom is 0.193 e. The number of morpholine rings is 2. The summed E-state index contributed by atoms with van der Waals surface area (Å²) in [6.45, 7) is 6.62. The molecule has 2 atom stereocenters. The Labute approximate surface area is 176 Å². The van der Waals surface area contributed by atoms with Crippen LogP contribution in [0.25, 0.3) is 0 Å². The number of guanidine groups is 1. The molecule has 0 spiro atoms. The van der Waals surface area contributed by atoms with Gasteiger partial charge in [0.1, 0.15) is 6.10 Å². The Morgan fingerprint density at radius 1 is 1.34 bits per heavy atom. The Balaban J connectivity index is 1.40. The third kappa shape index (κ3) is 4.98. The largest absolute Gasteiger partial charge is 0.379 e. The van der Waals surface area contributed by atoms with E-state index in [4.69, 9.17) is 9.47 Å². The molecule has 9 heteroatoms. The minimum Gasteiger partial charge on any atom is -0.379 e. The predicted octanol–water partition coefficient (Wildman–Crippen LogP) is 1.50. The van der Waals surface area contributed by atoms with Gasteiger partial charge in [0.05, 0.1) is 38.6 Å². The third-order valence-corrected chi connectivity index (χ3v) is 6.46. The quantitative estimate of drug-likeness (QED) is 0.586. The van der Waals surface area contributed by atoms with Gasteiger partial charge in [-0.3, -0.25) is 14.6 Å². The molecule has 0 radical (unpaired) electrons. The number of nitrogens with zero attached hydrogens (tertiary/aromatic N) is 5. The molecule has 0 bridgehead atoms. The van der Waals surface area contributed by atoms with Crippen LogP contribution in [-0.2, 0) is 16.5 Å². The molecule has 29 heavy (non-hydrogen) atoms. The van der Waals surface area contributed by atoms with Crippen molar-refractivity contribution < 1.29 is 9.47 Å². The summed E-state index contributed by atoms with van der Waals surface area (Å²) in [5.41, 5.74) is 1.11. The summed E-state index contributed by atoms with van der Waals surface area (Å²) in [6, 6.07) is 4.68. The average molecular weight is 419 g/mol. The zero-order valence-corrected chi connectivity index (χ0v) is 18.0. The fourth-order valence-electron chi connectivity index (χ4n) is 3.95. The van der Waals surface area contributed by atoms with Crippen LogP contribution in [0, 0.1) is 0 Å². The van der Waals surface area contributed by atoms with Gasteiger partial charge in [0.25, 0.3) is 0 Å². The molecule has 158 valence electrons. The van der Waals surface area contributed by atoms with E-state index in [1.54, 1.807) is 0 Å². The van der Waals surface area contributed by atoms with Gasteiger partial charge in [-0.15, -0.1) is 11.3 Å². The van der Waals surface area contributed by atoms with E-state index in [1.807, 2.05) is 42.5 Å². The molecule has 2 saturated heterocycles. The second kappa shape index (κ2) is 9.71. The number of aliphatic imine (C=N–C) groups is 1. The van der Waals surface area contributed by atoms with Crippen LogP contribution in [-0.4, -0.2) is 85.1 Å². The molecule has 2 aliphatic heterocycles. The van der Waals surface area contributed by atoms with Crippen LogP contribution >= 0.6 is 11.3 Å². The molecule has 0 aromatic carbocycles. The van der Waals surface area contributed by atoms with Crippen molar-refractivity contribution >= 4 is 17.3 Å². The van der Waals surface area contributed by atoms with Crippen LogP contribution in [0.2, 0.25) is 0 Å². The number of ether oxygens (including phenoxy) is 2. The van der Waals surface area contributed by atoms with Crippen molar-refractivity contribution in [3.8, 4) is 0 Å². The van der Waals surface area contributed by atoms with Crippen LogP contribution in [0.4, 0.5) is 0 Å². The van der Waals surface area contributed by atoms with E-state index in [0.29, 0.717) is 12.6 Å². The summed E-state index contributed by atoms with van der Waals surface area (Å²) in [6.07, 6.45) is 3.92. The lowest BCUT2D eigenvalue weighted by Crippen LogP contribution is -2.50. The Morgan fingerprint density at radius 2 is 2.21 bits per heavy atom. The van der Waals surface area contributed by atoms with E-state index < -0.39 is 0 Å². The number of nitrogens with one attached hydrogen (secondary N) is 1. The Kier molecular flexibility index (Phi) is 6.81. The average Bonchev–Trinajstić information content (AvgIpc) is 3.44. The van der Waals surface area contributed by atoms with Crippen LogP contribution in [0.3, 0.4) is 0 Å². The highest BCUT2D eigenvalue weighted by Crippen LogP contribution is 2.26. The zero-order valence-electron chi connectivity index (χ0n) is 17.2. The van der Waals surface area contributed by atoms with Crippen LogP contribution in [0.1, 0.15) is 22.6 Å². The van der Waals surface area contributed by atoms with Gasteiger partial charge in [-0.1, -0.05) is 6.07 Å². The molecule has 0 aliphatic carbocycles. The van der Waals surface area contributed by atoms with Crippen molar-refractivity contribution in [2.45, 2.75) is 12.1 Å². The monoisotopic (exact) mass is 418 g/mol. The minimum atomic E-state index is 0.0170. The number of aromatic nitrogens is 2. The van der Waals surface area contributed by atoms with Gasteiger partial charge >= 0.3 is 0 Å². The summed E-state index contributed by atoms with van der Waals surface area (Å²) in [7, 11) is 3.78. The highest BCUT2D eigenvalue weighted by atomic mass is 32.1. The normalized spacial score (nSPS) is 22.6. The summed E-state index contributed by atoms with van der Waals surface area (Å²) in [4.78, 5) is 10.7. The molecule has 1 N–H and O–H groups in total. The number of thiophene rings is 1. The highest BCUT2D eigenvalue weighted by molar-refractivity contribution is 7.10. The molecule has 4 rings (SSSR count). The van der Waals surface area contributed by atoms with Gasteiger partial charge in [-0.05, 0) is 11.4 Å². The first-order valence-electron chi connectivity index (χ1n) is 10.2. The van der Waals surface area contributed by atoms with E-state index in [0.717, 1.165) is 57.5 Å². The summed E-state index contributed by atoms with van der Waals surface area (Å²) in [5.74, 6) is 0.928. The van der Waals surface area contributed by atoms with Crippen molar-refractivity contribution in [2.24, 2.45) is 12.0 Å². The Bertz CT molecular complexity index is 787. The van der Waals surface area contributed by atoms with E-state index in [1.165, 1.54) is 4.88 Å². The first-order valence-corrected chi connectivity index (χ1v) is 11.0. The lowest BCUT2D eigenvalue weighted by Gasteiger charge is -2.37. The summed E-state index contributed by atoms with van der Waals surface area (Å²) in [5, 5.41) is 10.1.